The van der Waals surface area contributed by atoms with Gasteiger partial charge in [0.1, 0.15) is 0 Å². The fourth-order valence-corrected chi connectivity index (χ4v) is 2.59. The number of rotatable bonds is 3. The lowest BCUT2D eigenvalue weighted by Gasteiger charge is -2.26. The number of hydrogen-bond donors (Lipinski definition) is 1. The van der Waals surface area contributed by atoms with E-state index >= 15 is 0 Å². The number of aromatic nitrogens is 1. The molecule has 0 radical (unpaired) electrons. The molecule has 0 saturated carbocycles. The minimum atomic E-state index is -0.346. The van der Waals surface area contributed by atoms with Crippen LogP contribution in [0.3, 0.4) is 0 Å². The summed E-state index contributed by atoms with van der Waals surface area (Å²) in [5.41, 5.74) is 1.28. The Morgan fingerprint density at radius 2 is 1.88 bits per heavy atom. The fourth-order valence-electron chi connectivity index (χ4n) is 2.40. The van der Waals surface area contributed by atoms with Crippen molar-refractivity contribution in [3.8, 4) is 0 Å². The molecule has 0 spiro atoms. The zero-order valence-electron chi connectivity index (χ0n) is 12.9. The summed E-state index contributed by atoms with van der Waals surface area (Å²) in [5.74, 6) is -0.496. The van der Waals surface area contributed by atoms with E-state index in [1.54, 1.807) is 35.2 Å². The quantitative estimate of drug-likeness (QED) is 0.927. The van der Waals surface area contributed by atoms with Crippen LogP contribution in [-0.2, 0) is 4.74 Å². The minimum absolute atomic E-state index is 0.150. The summed E-state index contributed by atoms with van der Waals surface area (Å²) in [6.07, 6.45) is 2.89. The monoisotopic (exact) mass is 345 g/mol. The molecule has 1 aliphatic rings. The van der Waals surface area contributed by atoms with Crippen molar-refractivity contribution in [3.05, 3.63) is 58.9 Å². The second-order valence-corrected chi connectivity index (χ2v) is 5.77. The van der Waals surface area contributed by atoms with Gasteiger partial charge in [-0.25, -0.2) is 0 Å². The molecule has 3 rings (SSSR count). The van der Waals surface area contributed by atoms with Gasteiger partial charge >= 0.3 is 0 Å². The average Bonchev–Trinajstić information content (AvgIpc) is 2.62. The van der Waals surface area contributed by atoms with E-state index in [0.29, 0.717) is 48.1 Å². The van der Waals surface area contributed by atoms with Crippen LogP contribution >= 0.6 is 11.6 Å². The number of morpholine rings is 1. The smallest absolute Gasteiger partial charge is 0.257 e. The van der Waals surface area contributed by atoms with Crippen molar-refractivity contribution >= 4 is 29.1 Å². The van der Waals surface area contributed by atoms with Gasteiger partial charge in [0.15, 0.2) is 0 Å². The summed E-state index contributed by atoms with van der Waals surface area (Å²) in [5, 5.41) is 3.27. The Bertz CT molecular complexity index is 760. The number of halogens is 1. The number of carbonyl (C=O) groups is 2. The van der Waals surface area contributed by atoms with Gasteiger partial charge in [-0.15, -0.1) is 0 Å². The number of amides is 2. The third-order valence-corrected chi connectivity index (χ3v) is 3.86. The number of nitrogens with zero attached hydrogens (tertiary/aromatic N) is 2. The van der Waals surface area contributed by atoms with Crippen LogP contribution in [0.1, 0.15) is 20.7 Å². The molecule has 1 saturated heterocycles. The standard InChI is InChI=1S/C17H16ClN3O3/c18-14-2-1-3-15(9-14)20-16(22)12-8-13(11-19-10-12)17(23)21-4-6-24-7-5-21/h1-3,8-11H,4-7H2,(H,20,22). The molecule has 2 aromatic rings. The van der Waals surface area contributed by atoms with Crippen molar-refractivity contribution < 1.29 is 14.3 Å². The molecular weight excluding hydrogens is 330 g/mol. The molecular formula is C17H16ClN3O3. The molecule has 0 unspecified atom stereocenters. The van der Waals surface area contributed by atoms with Crippen LogP contribution in [0, 0.1) is 0 Å². The van der Waals surface area contributed by atoms with Crippen LogP contribution in [0.15, 0.2) is 42.7 Å². The first-order chi connectivity index (χ1) is 11.6. The van der Waals surface area contributed by atoms with Crippen molar-refractivity contribution in [3.63, 3.8) is 0 Å². The van der Waals surface area contributed by atoms with E-state index in [9.17, 15) is 9.59 Å². The van der Waals surface area contributed by atoms with E-state index in [1.165, 1.54) is 12.4 Å². The number of hydrogen-bond acceptors (Lipinski definition) is 4. The maximum Gasteiger partial charge on any atom is 0.257 e. The molecule has 124 valence electrons. The third-order valence-electron chi connectivity index (χ3n) is 3.63. The fraction of sp³-hybridized carbons (Fsp3) is 0.235. The van der Waals surface area contributed by atoms with Crippen molar-refractivity contribution in [1.82, 2.24) is 9.88 Å². The average molecular weight is 346 g/mol. The number of ether oxygens (including phenoxy) is 1. The first-order valence-corrected chi connectivity index (χ1v) is 7.90. The number of nitrogens with one attached hydrogen (secondary N) is 1. The molecule has 1 fully saturated rings. The van der Waals surface area contributed by atoms with Crippen LogP contribution in [0.5, 0.6) is 0 Å². The predicted molar refractivity (Wildman–Crippen MR) is 90.4 cm³/mol. The van der Waals surface area contributed by atoms with Crippen LogP contribution in [0.25, 0.3) is 0 Å². The lowest BCUT2D eigenvalue weighted by atomic mass is 10.1. The Morgan fingerprint density at radius 1 is 1.12 bits per heavy atom. The van der Waals surface area contributed by atoms with E-state index in [-0.39, 0.29) is 11.8 Å². The minimum Gasteiger partial charge on any atom is -0.378 e. The second-order valence-electron chi connectivity index (χ2n) is 5.33. The van der Waals surface area contributed by atoms with Crippen molar-refractivity contribution in [2.75, 3.05) is 31.6 Å². The van der Waals surface area contributed by atoms with Gasteiger partial charge in [-0.3, -0.25) is 14.6 Å². The zero-order valence-corrected chi connectivity index (χ0v) is 13.6. The third kappa shape index (κ3) is 3.90. The maximum atomic E-state index is 12.5. The van der Waals surface area contributed by atoms with Crippen LogP contribution < -0.4 is 5.32 Å². The molecule has 1 aliphatic heterocycles. The highest BCUT2D eigenvalue weighted by molar-refractivity contribution is 6.31. The summed E-state index contributed by atoms with van der Waals surface area (Å²) >= 11 is 5.90. The zero-order chi connectivity index (χ0) is 16.9. The van der Waals surface area contributed by atoms with Crippen LogP contribution in [0.2, 0.25) is 5.02 Å². The van der Waals surface area contributed by atoms with Crippen LogP contribution in [0.4, 0.5) is 5.69 Å². The first kappa shape index (κ1) is 16.4. The Labute approximate surface area is 144 Å². The normalized spacial score (nSPS) is 14.3. The van der Waals surface area contributed by atoms with Crippen molar-refractivity contribution in [2.24, 2.45) is 0 Å². The Morgan fingerprint density at radius 3 is 2.62 bits per heavy atom. The van der Waals surface area contributed by atoms with Gasteiger partial charge in [-0.1, -0.05) is 17.7 Å². The molecule has 1 N–H and O–H groups in total. The van der Waals surface area contributed by atoms with E-state index in [0.717, 1.165) is 0 Å². The Kier molecular flexibility index (Phi) is 5.08. The number of benzene rings is 1. The first-order valence-electron chi connectivity index (χ1n) is 7.52. The largest absolute Gasteiger partial charge is 0.378 e. The Hall–Kier alpha value is -2.44. The highest BCUT2D eigenvalue weighted by Gasteiger charge is 2.20. The molecule has 0 bridgehead atoms. The van der Waals surface area contributed by atoms with E-state index in [1.807, 2.05) is 0 Å². The van der Waals surface area contributed by atoms with E-state index < -0.39 is 0 Å². The molecule has 24 heavy (non-hydrogen) atoms. The molecule has 0 atom stereocenters. The molecule has 0 aliphatic carbocycles. The SMILES string of the molecule is O=C(Nc1cccc(Cl)c1)c1cncc(C(=O)N2CCOCC2)c1. The lowest BCUT2D eigenvalue weighted by Crippen LogP contribution is -2.40. The van der Waals surface area contributed by atoms with Crippen molar-refractivity contribution in [1.29, 1.82) is 0 Å². The van der Waals surface area contributed by atoms with Gasteiger partial charge in [-0.05, 0) is 24.3 Å². The number of pyridine rings is 1. The summed E-state index contributed by atoms with van der Waals surface area (Å²) in [4.78, 5) is 30.5. The van der Waals surface area contributed by atoms with Gasteiger partial charge < -0.3 is 15.0 Å². The topological polar surface area (TPSA) is 71.5 Å². The predicted octanol–water partition coefficient (Wildman–Crippen LogP) is 2.46. The molecule has 7 heteroatoms. The summed E-state index contributed by atoms with van der Waals surface area (Å²) in [6.45, 7) is 2.12. The van der Waals surface area contributed by atoms with Crippen molar-refractivity contribution in [2.45, 2.75) is 0 Å². The molecule has 1 aromatic heterocycles. The Balaban J connectivity index is 1.74. The van der Waals surface area contributed by atoms with Gasteiger partial charge in [0.25, 0.3) is 11.8 Å². The van der Waals surface area contributed by atoms with Gasteiger partial charge in [0.05, 0.1) is 24.3 Å². The lowest BCUT2D eigenvalue weighted by molar-refractivity contribution is 0.0302. The highest BCUT2D eigenvalue weighted by atomic mass is 35.5. The van der Waals surface area contributed by atoms with E-state index in [2.05, 4.69) is 10.3 Å². The molecule has 2 amide bonds. The summed E-state index contributed by atoms with van der Waals surface area (Å²) in [6, 6.07) is 8.40. The summed E-state index contributed by atoms with van der Waals surface area (Å²) in [7, 11) is 0. The van der Waals surface area contributed by atoms with Gasteiger partial charge in [0, 0.05) is 36.2 Å². The van der Waals surface area contributed by atoms with Crippen LogP contribution in [-0.4, -0.2) is 48.0 Å². The summed E-state index contributed by atoms with van der Waals surface area (Å²) < 4.78 is 5.24. The molecule has 1 aromatic carbocycles. The molecule has 6 nitrogen and oxygen atoms in total. The number of carbonyl (C=O) groups excluding carboxylic acids is 2. The van der Waals surface area contributed by atoms with E-state index in [4.69, 9.17) is 16.3 Å². The van der Waals surface area contributed by atoms with Gasteiger partial charge in [0.2, 0.25) is 0 Å². The van der Waals surface area contributed by atoms with Gasteiger partial charge in [-0.2, -0.15) is 0 Å². The maximum absolute atomic E-state index is 12.5. The number of anilines is 1. The second kappa shape index (κ2) is 7.42. The molecule has 2 heterocycles. The highest BCUT2D eigenvalue weighted by Crippen LogP contribution is 2.16.